The van der Waals surface area contributed by atoms with E-state index in [2.05, 4.69) is 5.32 Å². The summed E-state index contributed by atoms with van der Waals surface area (Å²) < 4.78 is 0. The minimum atomic E-state index is 0.0291. The smallest absolute Gasteiger partial charge is 0.251 e. The van der Waals surface area contributed by atoms with E-state index in [9.17, 15) is 4.79 Å². The van der Waals surface area contributed by atoms with E-state index in [0.717, 1.165) is 29.5 Å². The molecule has 84 valence electrons. The van der Waals surface area contributed by atoms with E-state index in [1.165, 1.54) is 6.21 Å². The van der Waals surface area contributed by atoms with Gasteiger partial charge in [0.25, 0.3) is 5.91 Å². The van der Waals surface area contributed by atoms with Crippen LogP contribution in [0.1, 0.15) is 34.3 Å². The monoisotopic (exact) mass is 216 g/mol. The zero-order valence-electron chi connectivity index (χ0n) is 9.42. The summed E-state index contributed by atoms with van der Waals surface area (Å²) in [4.78, 5) is 11.8. The van der Waals surface area contributed by atoms with Crippen LogP contribution in [-0.2, 0) is 6.42 Å². The molecular weight excluding hydrogens is 200 g/mol. The number of benzene rings is 1. The molecular formula is C13H16N2O. The number of amides is 1. The molecule has 0 spiro atoms. The van der Waals surface area contributed by atoms with Crippen molar-refractivity contribution in [3.63, 3.8) is 0 Å². The average molecular weight is 216 g/mol. The van der Waals surface area contributed by atoms with Crippen molar-refractivity contribution in [2.75, 3.05) is 0 Å². The summed E-state index contributed by atoms with van der Waals surface area (Å²) in [7, 11) is 0. The molecule has 16 heavy (non-hydrogen) atoms. The van der Waals surface area contributed by atoms with Gasteiger partial charge in [-0.05, 0) is 43.2 Å². The largest absolute Gasteiger partial charge is 0.349 e. The minimum absolute atomic E-state index is 0.0291. The average Bonchev–Trinajstić information content (AvgIpc) is 3.02. The molecule has 0 saturated heterocycles. The molecule has 0 bridgehead atoms. The van der Waals surface area contributed by atoms with Gasteiger partial charge in [0.1, 0.15) is 0 Å². The van der Waals surface area contributed by atoms with Crippen LogP contribution < -0.4 is 5.32 Å². The van der Waals surface area contributed by atoms with Crippen LogP contribution in [0.15, 0.2) is 18.2 Å². The molecule has 0 heterocycles. The first-order valence-electron chi connectivity index (χ1n) is 5.60. The van der Waals surface area contributed by atoms with Crippen LogP contribution in [0.5, 0.6) is 0 Å². The second-order valence-corrected chi connectivity index (χ2v) is 4.31. The Hall–Kier alpha value is -1.64. The minimum Gasteiger partial charge on any atom is -0.349 e. The molecule has 2 N–H and O–H groups in total. The highest BCUT2D eigenvalue weighted by Gasteiger charge is 2.24. The Balaban J connectivity index is 2.13. The summed E-state index contributed by atoms with van der Waals surface area (Å²) in [6, 6.07) is 6.15. The van der Waals surface area contributed by atoms with E-state index in [1.807, 2.05) is 25.1 Å². The molecule has 0 atom stereocenters. The topological polar surface area (TPSA) is 53.0 Å². The number of carbonyl (C=O) groups excluding carboxylic acids is 1. The second-order valence-electron chi connectivity index (χ2n) is 4.31. The highest BCUT2D eigenvalue weighted by Crippen LogP contribution is 2.20. The first-order valence-corrected chi connectivity index (χ1v) is 5.60. The third kappa shape index (κ3) is 2.48. The lowest BCUT2D eigenvalue weighted by molar-refractivity contribution is 0.0950. The van der Waals surface area contributed by atoms with Crippen molar-refractivity contribution < 1.29 is 4.79 Å². The molecule has 0 aromatic heterocycles. The fourth-order valence-corrected chi connectivity index (χ4v) is 1.72. The van der Waals surface area contributed by atoms with Crippen molar-refractivity contribution >= 4 is 12.1 Å². The van der Waals surface area contributed by atoms with Crippen molar-refractivity contribution in [2.24, 2.45) is 0 Å². The van der Waals surface area contributed by atoms with Crippen LogP contribution >= 0.6 is 0 Å². The molecule has 1 aliphatic rings. The summed E-state index contributed by atoms with van der Waals surface area (Å²) in [5, 5.41) is 10.0. The Bertz CT molecular complexity index is 422. The van der Waals surface area contributed by atoms with Gasteiger partial charge in [-0.15, -0.1) is 0 Å². The van der Waals surface area contributed by atoms with Gasteiger partial charge in [-0.2, -0.15) is 0 Å². The van der Waals surface area contributed by atoms with Crippen molar-refractivity contribution in [3.05, 3.63) is 34.9 Å². The van der Waals surface area contributed by atoms with Gasteiger partial charge in [-0.25, -0.2) is 0 Å². The van der Waals surface area contributed by atoms with Crippen LogP contribution in [0, 0.1) is 12.3 Å². The maximum Gasteiger partial charge on any atom is 0.251 e. The first kappa shape index (κ1) is 10.9. The highest BCUT2D eigenvalue weighted by molar-refractivity contribution is 5.96. The zero-order valence-corrected chi connectivity index (χ0v) is 9.42. The molecule has 1 aromatic carbocycles. The lowest BCUT2D eigenvalue weighted by Crippen LogP contribution is -2.26. The van der Waals surface area contributed by atoms with Gasteiger partial charge >= 0.3 is 0 Å². The van der Waals surface area contributed by atoms with Gasteiger partial charge in [0.2, 0.25) is 0 Å². The molecule has 0 unspecified atom stereocenters. The van der Waals surface area contributed by atoms with E-state index < -0.39 is 0 Å². The van der Waals surface area contributed by atoms with Gasteiger partial charge in [0.15, 0.2) is 0 Å². The van der Waals surface area contributed by atoms with E-state index in [0.29, 0.717) is 12.5 Å². The molecule has 3 heteroatoms. The Labute approximate surface area is 95.4 Å². The van der Waals surface area contributed by atoms with Gasteiger partial charge in [-0.1, -0.05) is 12.1 Å². The normalized spacial score (nSPS) is 14.6. The van der Waals surface area contributed by atoms with Gasteiger partial charge < -0.3 is 10.7 Å². The summed E-state index contributed by atoms with van der Waals surface area (Å²) >= 11 is 0. The van der Waals surface area contributed by atoms with E-state index in [-0.39, 0.29) is 5.91 Å². The molecule has 0 aliphatic heterocycles. The summed E-state index contributed by atoms with van der Waals surface area (Å²) in [6.07, 6.45) is 4.22. The predicted octanol–water partition coefficient (Wildman–Crippen LogP) is 2.08. The summed E-state index contributed by atoms with van der Waals surface area (Å²) in [6.45, 7) is 1.94. The first-order chi connectivity index (χ1) is 7.70. The maximum absolute atomic E-state index is 11.8. The number of aryl methyl sites for hydroxylation is 1. The number of rotatable bonds is 4. The number of hydrogen-bond donors (Lipinski definition) is 2. The summed E-state index contributed by atoms with van der Waals surface area (Å²) in [5.74, 6) is 0.0291. The lowest BCUT2D eigenvalue weighted by atomic mass is 10.0. The lowest BCUT2D eigenvalue weighted by Gasteiger charge is -2.07. The maximum atomic E-state index is 11.8. The number of nitrogens with one attached hydrogen (secondary N) is 2. The Morgan fingerprint density at radius 3 is 2.88 bits per heavy atom. The molecule has 1 amide bonds. The molecule has 1 saturated carbocycles. The molecule has 2 rings (SSSR count). The van der Waals surface area contributed by atoms with Crippen LogP contribution in [0.25, 0.3) is 0 Å². The number of carbonyl (C=O) groups is 1. The standard InChI is InChI=1S/C13H16N2O/c1-9-8-10(6-7-14)2-5-12(9)13(16)15-11-3-4-11/h2,5,7-8,11,14H,3-4,6H2,1H3,(H,15,16). The van der Waals surface area contributed by atoms with E-state index in [4.69, 9.17) is 5.41 Å². The van der Waals surface area contributed by atoms with Crippen LogP contribution in [-0.4, -0.2) is 18.2 Å². The Morgan fingerprint density at radius 1 is 1.56 bits per heavy atom. The van der Waals surface area contributed by atoms with Crippen molar-refractivity contribution in [2.45, 2.75) is 32.2 Å². The van der Waals surface area contributed by atoms with E-state index in [1.54, 1.807) is 0 Å². The molecule has 1 aromatic rings. The SMILES string of the molecule is Cc1cc(CC=N)ccc1C(=O)NC1CC1. The van der Waals surface area contributed by atoms with Gasteiger partial charge in [-0.3, -0.25) is 4.79 Å². The quantitative estimate of drug-likeness (QED) is 0.744. The predicted molar refractivity (Wildman–Crippen MR) is 64.2 cm³/mol. The Morgan fingerprint density at radius 2 is 2.31 bits per heavy atom. The second kappa shape index (κ2) is 4.47. The van der Waals surface area contributed by atoms with Crippen molar-refractivity contribution in [1.29, 1.82) is 5.41 Å². The fraction of sp³-hybridized carbons (Fsp3) is 0.385. The molecule has 3 nitrogen and oxygen atoms in total. The third-order valence-electron chi connectivity index (χ3n) is 2.79. The highest BCUT2D eigenvalue weighted by atomic mass is 16.1. The molecule has 1 fully saturated rings. The van der Waals surface area contributed by atoms with Crippen LogP contribution in [0.4, 0.5) is 0 Å². The van der Waals surface area contributed by atoms with Crippen molar-refractivity contribution in [1.82, 2.24) is 5.32 Å². The van der Waals surface area contributed by atoms with Gasteiger partial charge in [0.05, 0.1) is 0 Å². The van der Waals surface area contributed by atoms with Crippen LogP contribution in [0.2, 0.25) is 0 Å². The fourth-order valence-electron chi connectivity index (χ4n) is 1.72. The zero-order chi connectivity index (χ0) is 11.5. The third-order valence-corrected chi connectivity index (χ3v) is 2.79. The van der Waals surface area contributed by atoms with Crippen LogP contribution in [0.3, 0.4) is 0 Å². The van der Waals surface area contributed by atoms with Crippen molar-refractivity contribution in [3.8, 4) is 0 Å². The van der Waals surface area contributed by atoms with E-state index >= 15 is 0 Å². The van der Waals surface area contributed by atoms with Gasteiger partial charge in [0, 0.05) is 18.0 Å². The Kier molecular flexibility index (Phi) is 3.04. The summed E-state index contributed by atoms with van der Waals surface area (Å²) in [5.41, 5.74) is 2.81. The number of hydrogen-bond acceptors (Lipinski definition) is 2. The molecule has 0 radical (unpaired) electrons. The molecule has 1 aliphatic carbocycles.